The second-order valence-corrected chi connectivity index (χ2v) is 20.1. The van der Waals surface area contributed by atoms with Crippen LogP contribution in [0.3, 0.4) is 0 Å². The molecular formula is C63H71IN2O10. The Balaban J connectivity index is 0.000000182. The van der Waals surface area contributed by atoms with Gasteiger partial charge in [-0.15, -0.1) is 0 Å². The van der Waals surface area contributed by atoms with E-state index in [1.807, 2.05) is 94.4 Å². The molecule has 10 rings (SSSR count). The Morgan fingerprint density at radius 3 is 1.45 bits per heavy atom. The van der Waals surface area contributed by atoms with Crippen LogP contribution in [0.1, 0.15) is 125 Å². The third kappa shape index (κ3) is 14.8. The number of aliphatic hydroxyl groups excluding tert-OH is 1. The summed E-state index contributed by atoms with van der Waals surface area (Å²) in [7, 11) is 2.79. The Morgan fingerprint density at radius 1 is 0.553 bits per heavy atom. The van der Waals surface area contributed by atoms with Crippen LogP contribution in [0.2, 0.25) is 0 Å². The molecular weight excluding hydrogens is 1070 g/mol. The molecule has 4 atom stereocenters. The number of methoxy groups -OCH3 is 2. The van der Waals surface area contributed by atoms with Gasteiger partial charge >= 0.3 is 11.9 Å². The van der Waals surface area contributed by atoms with Crippen LogP contribution in [0.4, 0.5) is 0 Å². The molecule has 2 saturated carbocycles. The number of ether oxygens (including phenoxy) is 5. The molecule has 0 aliphatic heterocycles. The molecule has 0 unspecified atom stereocenters. The molecule has 0 saturated heterocycles. The molecule has 0 spiro atoms. The van der Waals surface area contributed by atoms with Gasteiger partial charge in [0.2, 0.25) is 11.8 Å². The summed E-state index contributed by atoms with van der Waals surface area (Å²) in [6, 6.07) is 40.6. The number of benzene rings is 6. The summed E-state index contributed by atoms with van der Waals surface area (Å²) in [5.74, 6) is 2.36. The third-order valence-corrected chi connectivity index (χ3v) is 14.7. The molecule has 2 aliphatic rings. The highest BCUT2D eigenvalue weighted by molar-refractivity contribution is 14.1. The number of halogens is 1. The van der Waals surface area contributed by atoms with Crippen molar-refractivity contribution >= 4 is 56.1 Å². The lowest BCUT2D eigenvalue weighted by Crippen LogP contribution is -2.28. The summed E-state index contributed by atoms with van der Waals surface area (Å²) in [6.07, 6.45) is 7.31. The first-order valence-corrected chi connectivity index (χ1v) is 27.3. The van der Waals surface area contributed by atoms with Crippen LogP contribution in [0.5, 0.6) is 0 Å². The van der Waals surface area contributed by atoms with E-state index in [9.17, 15) is 14.7 Å². The van der Waals surface area contributed by atoms with Crippen LogP contribution in [-0.2, 0) is 47.9 Å². The van der Waals surface area contributed by atoms with E-state index in [2.05, 4.69) is 82.2 Å². The average Bonchev–Trinajstić information content (AvgIpc) is 4.02. The first-order valence-electron chi connectivity index (χ1n) is 25.7. The van der Waals surface area contributed by atoms with Crippen LogP contribution in [0, 0.1) is 27.7 Å². The fraction of sp³-hybridized carbons (Fsp3) is 0.365. The Hall–Kier alpha value is -6.23. The van der Waals surface area contributed by atoms with Gasteiger partial charge in [0, 0.05) is 15.6 Å². The molecule has 0 amide bonds. The van der Waals surface area contributed by atoms with E-state index >= 15 is 0 Å². The number of carbonyl (C=O) groups is 2. The normalized spacial score (nSPS) is 17.2. The minimum atomic E-state index is -0.328. The number of esters is 2. The van der Waals surface area contributed by atoms with Gasteiger partial charge in [-0.1, -0.05) is 127 Å². The Kier molecular flexibility index (Phi) is 21.0. The van der Waals surface area contributed by atoms with E-state index in [4.69, 9.17) is 37.5 Å². The first-order chi connectivity index (χ1) is 36.4. The number of rotatable bonds is 14. The lowest BCUT2D eigenvalue weighted by Gasteiger charge is -2.29. The van der Waals surface area contributed by atoms with Crippen LogP contribution < -0.4 is 0 Å². The molecule has 2 heterocycles. The van der Waals surface area contributed by atoms with Gasteiger partial charge in [-0.25, -0.2) is 19.6 Å². The zero-order valence-corrected chi connectivity index (χ0v) is 45.9. The SMILES string of the molecule is C.COC(=O)c1c(C)cccc1CO[C@@H]1CCC[C@H](O)C1.COC(=O)c1c(C)cccc1CO[C@@H]1CCC[C@H](OCc2nc(-c3ccc4ccccc4c3)oc2C)C1.Cc1oc(-c2ccc3ccccc3c2)nc1CI. The van der Waals surface area contributed by atoms with E-state index in [0.717, 1.165) is 111 Å². The monoisotopic (exact) mass is 1140 g/mol. The summed E-state index contributed by atoms with van der Waals surface area (Å²) in [4.78, 5) is 33.4. The Morgan fingerprint density at radius 2 is 0.987 bits per heavy atom. The van der Waals surface area contributed by atoms with Crippen molar-refractivity contribution in [3.63, 3.8) is 0 Å². The topological polar surface area (TPSA) is 153 Å². The lowest BCUT2D eigenvalue weighted by atomic mass is 9.94. The van der Waals surface area contributed by atoms with E-state index in [1.54, 1.807) is 0 Å². The van der Waals surface area contributed by atoms with Gasteiger partial charge in [0.1, 0.15) is 17.2 Å². The molecule has 0 bridgehead atoms. The Bertz CT molecular complexity index is 3200. The van der Waals surface area contributed by atoms with Crippen molar-refractivity contribution in [3.05, 3.63) is 178 Å². The molecule has 2 aliphatic carbocycles. The highest BCUT2D eigenvalue weighted by atomic mass is 127. The molecule has 1 N–H and O–H groups in total. The minimum absolute atomic E-state index is 0. The molecule has 0 radical (unpaired) electrons. The van der Waals surface area contributed by atoms with Crippen molar-refractivity contribution in [2.75, 3.05) is 14.2 Å². The second-order valence-electron chi connectivity index (χ2n) is 19.3. The molecule has 6 aromatic carbocycles. The van der Waals surface area contributed by atoms with Gasteiger partial charge in [-0.3, -0.25) is 0 Å². The van der Waals surface area contributed by atoms with E-state index in [-0.39, 0.29) is 43.8 Å². The number of aryl methyl sites for hydroxylation is 4. The van der Waals surface area contributed by atoms with Crippen LogP contribution in [0.15, 0.2) is 130 Å². The molecule has 400 valence electrons. The van der Waals surface area contributed by atoms with Gasteiger partial charge in [-0.05, 0) is 147 Å². The molecule has 76 heavy (non-hydrogen) atoms. The minimum Gasteiger partial charge on any atom is -0.465 e. The number of oxazole rings is 2. The van der Waals surface area contributed by atoms with Crippen molar-refractivity contribution in [1.82, 2.24) is 9.97 Å². The van der Waals surface area contributed by atoms with E-state index in [0.29, 0.717) is 49.1 Å². The number of alkyl halides is 1. The summed E-state index contributed by atoms with van der Waals surface area (Å²) in [6.45, 7) is 8.86. The highest BCUT2D eigenvalue weighted by Gasteiger charge is 2.26. The standard InChI is InChI=1S/C31H33NO5.C16H22O4.C15H12INO.CH4/c1-20-8-6-11-25(29(20)31(33)34-3)18-35-26-12-7-13-27(17-26)36-19-28-21(2)37-30(32-28)24-15-14-22-9-4-5-10-23(22)16-24;1-11-5-3-6-12(15(11)16(18)19-2)10-20-14-8-4-7-13(17)9-14;1-10-14(9-16)17-15(18-10)13-7-6-11-4-2-3-5-12(11)8-13;/h4-6,8-11,14-16,26-27H,7,12-13,17-19H2,1-3H3;3,5-6,13-14,17H,4,7-10H2,1-2H3;2-8H,9H2,1H3;1H4/t26-,27+;13-,14+;;/m10../s1. The van der Waals surface area contributed by atoms with Crippen molar-refractivity contribution in [1.29, 1.82) is 0 Å². The summed E-state index contributed by atoms with van der Waals surface area (Å²) < 4.78 is 40.8. The third-order valence-electron chi connectivity index (χ3n) is 14.0. The fourth-order valence-electron chi connectivity index (χ4n) is 9.78. The van der Waals surface area contributed by atoms with Crippen molar-refractivity contribution in [3.8, 4) is 22.9 Å². The zero-order chi connectivity index (χ0) is 52.8. The molecule has 2 aromatic heterocycles. The number of nitrogens with zero attached hydrogens (tertiary/aromatic N) is 2. The molecule has 8 aromatic rings. The van der Waals surface area contributed by atoms with Crippen molar-refractivity contribution in [2.45, 2.75) is 135 Å². The summed E-state index contributed by atoms with van der Waals surface area (Å²) in [5, 5.41) is 14.4. The largest absolute Gasteiger partial charge is 0.465 e. The maximum atomic E-state index is 12.2. The van der Waals surface area contributed by atoms with Gasteiger partial charge in [0.05, 0.1) is 75.3 Å². The number of hydrogen-bond acceptors (Lipinski definition) is 12. The second kappa shape index (κ2) is 27.7. The Labute approximate surface area is 460 Å². The predicted octanol–water partition coefficient (Wildman–Crippen LogP) is 14.9. The van der Waals surface area contributed by atoms with Gasteiger partial charge < -0.3 is 37.6 Å². The van der Waals surface area contributed by atoms with Crippen molar-refractivity contribution < 1.29 is 47.2 Å². The molecule has 13 heteroatoms. The van der Waals surface area contributed by atoms with Crippen LogP contribution in [-0.4, -0.2) is 65.6 Å². The number of aromatic nitrogens is 2. The van der Waals surface area contributed by atoms with E-state index < -0.39 is 0 Å². The van der Waals surface area contributed by atoms with Gasteiger partial charge in [-0.2, -0.15) is 0 Å². The number of carbonyl (C=O) groups excluding carboxylic acids is 2. The molecule has 2 fully saturated rings. The quantitative estimate of drug-likeness (QED) is 0.0626. The average molecular weight is 1140 g/mol. The van der Waals surface area contributed by atoms with Gasteiger partial charge in [0.25, 0.3) is 0 Å². The summed E-state index contributed by atoms with van der Waals surface area (Å²) in [5.41, 5.74) is 8.52. The highest BCUT2D eigenvalue weighted by Crippen LogP contribution is 2.31. The van der Waals surface area contributed by atoms with Crippen LogP contribution in [0.25, 0.3) is 44.5 Å². The van der Waals surface area contributed by atoms with E-state index in [1.165, 1.54) is 30.4 Å². The van der Waals surface area contributed by atoms with Crippen molar-refractivity contribution in [2.24, 2.45) is 0 Å². The number of hydrogen-bond donors (Lipinski definition) is 1. The zero-order valence-electron chi connectivity index (χ0n) is 43.7. The number of fused-ring (bicyclic) bond motifs is 2. The maximum absolute atomic E-state index is 12.2. The summed E-state index contributed by atoms with van der Waals surface area (Å²) >= 11 is 2.30. The molecule has 12 nitrogen and oxygen atoms in total. The fourth-order valence-corrected chi connectivity index (χ4v) is 10.5. The van der Waals surface area contributed by atoms with Gasteiger partial charge in [0.15, 0.2) is 0 Å². The number of aliphatic hydroxyl groups is 1. The van der Waals surface area contributed by atoms with Crippen LogP contribution >= 0.6 is 22.6 Å². The maximum Gasteiger partial charge on any atom is 0.338 e. The predicted molar refractivity (Wildman–Crippen MR) is 307 cm³/mol. The first kappa shape index (κ1) is 57.5. The smallest absolute Gasteiger partial charge is 0.338 e. The lowest BCUT2D eigenvalue weighted by molar-refractivity contribution is -0.0564.